The molecule has 1 aliphatic heterocycles. The molecule has 3 heterocycles. The lowest BCUT2D eigenvalue weighted by atomic mass is 10.1. The van der Waals surface area contributed by atoms with Crippen LogP contribution in [0.5, 0.6) is 11.5 Å². The molecule has 0 saturated heterocycles. The number of halogens is 1. The van der Waals surface area contributed by atoms with Gasteiger partial charge in [0.05, 0.1) is 15.6 Å². The molecule has 0 saturated carbocycles. The summed E-state index contributed by atoms with van der Waals surface area (Å²) in [6.07, 6.45) is 0. The minimum atomic E-state index is -0.0315. The number of pyridine rings is 1. The molecular weight excluding hydrogens is 432 g/mol. The first-order chi connectivity index (χ1) is 15.2. The minimum Gasteiger partial charge on any atom is -0.454 e. The van der Waals surface area contributed by atoms with Gasteiger partial charge in [-0.1, -0.05) is 35.9 Å². The quantitative estimate of drug-likeness (QED) is 0.274. The van der Waals surface area contributed by atoms with Gasteiger partial charge in [-0.3, -0.25) is 4.79 Å². The van der Waals surface area contributed by atoms with Gasteiger partial charge in [-0.25, -0.2) is 4.98 Å². The molecule has 5 aromatic rings. The summed E-state index contributed by atoms with van der Waals surface area (Å²) in [5, 5.41) is 6.12. The predicted octanol–water partition coefficient (Wildman–Crippen LogP) is 5.96. The summed E-state index contributed by atoms with van der Waals surface area (Å²) in [6, 6.07) is 19.0. The molecule has 6 rings (SSSR count). The fourth-order valence-corrected chi connectivity index (χ4v) is 5.20. The molecule has 0 fully saturated rings. The van der Waals surface area contributed by atoms with E-state index in [0.717, 1.165) is 37.4 Å². The van der Waals surface area contributed by atoms with Gasteiger partial charge in [0.2, 0.25) is 6.79 Å². The van der Waals surface area contributed by atoms with Gasteiger partial charge in [-0.15, -0.1) is 11.3 Å². The normalized spacial score (nSPS) is 12.7. The molecule has 0 aliphatic carbocycles. The van der Waals surface area contributed by atoms with Crippen molar-refractivity contribution in [2.24, 2.45) is 0 Å². The van der Waals surface area contributed by atoms with Crippen molar-refractivity contribution in [2.75, 3.05) is 12.1 Å². The highest BCUT2D eigenvalue weighted by atomic mass is 35.5. The Kier molecular flexibility index (Phi) is 4.23. The second-order valence-corrected chi connectivity index (χ2v) is 8.78. The maximum Gasteiger partial charge on any atom is 0.231 e. The van der Waals surface area contributed by atoms with Crippen LogP contribution in [0.2, 0.25) is 5.02 Å². The summed E-state index contributed by atoms with van der Waals surface area (Å²) in [6.45, 7) is 0.783. The van der Waals surface area contributed by atoms with Gasteiger partial charge in [-0.05, 0) is 42.0 Å². The second-order valence-electron chi connectivity index (χ2n) is 7.29. The first-order valence-electron chi connectivity index (χ1n) is 9.74. The number of rotatable bonds is 3. The highest BCUT2D eigenvalue weighted by molar-refractivity contribution is 7.25. The summed E-state index contributed by atoms with van der Waals surface area (Å²) in [5.74, 6) is 2.18. The fraction of sp³-hybridized carbons (Fsp3) is 0.0833. The Morgan fingerprint density at radius 2 is 1.87 bits per heavy atom. The molecule has 0 unspecified atom stereocenters. The lowest BCUT2D eigenvalue weighted by molar-refractivity contribution is 0.174. The summed E-state index contributed by atoms with van der Waals surface area (Å²) in [7, 11) is 0. The van der Waals surface area contributed by atoms with Crippen molar-refractivity contribution >= 4 is 59.8 Å². The van der Waals surface area contributed by atoms with Crippen molar-refractivity contribution in [3.05, 3.63) is 81.5 Å². The van der Waals surface area contributed by atoms with Crippen LogP contribution in [0.15, 0.2) is 65.5 Å². The van der Waals surface area contributed by atoms with Crippen molar-refractivity contribution in [1.82, 2.24) is 4.98 Å². The maximum absolute atomic E-state index is 13.5. The predicted molar refractivity (Wildman–Crippen MR) is 126 cm³/mol. The average molecular weight is 447 g/mol. The number of hydrogen-bond acceptors (Lipinski definition) is 6. The molecule has 0 bridgehead atoms. The van der Waals surface area contributed by atoms with E-state index < -0.39 is 0 Å². The first-order valence-corrected chi connectivity index (χ1v) is 10.9. The van der Waals surface area contributed by atoms with Gasteiger partial charge in [0, 0.05) is 27.0 Å². The molecule has 0 spiro atoms. The van der Waals surface area contributed by atoms with Crippen LogP contribution in [0, 0.1) is 0 Å². The van der Waals surface area contributed by atoms with Gasteiger partial charge in [0.25, 0.3) is 0 Å². The number of hydrogen-bond donors (Lipinski definition) is 1. The van der Waals surface area contributed by atoms with E-state index in [1.807, 2.05) is 48.5 Å². The van der Waals surface area contributed by atoms with Crippen molar-refractivity contribution in [2.45, 2.75) is 6.54 Å². The monoisotopic (exact) mass is 446 g/mol. The van der Waals surface area contributed by atoms with Crippen LogP contribution in [0.1, 0.15) is 5.56 Å². The SMILES string of the molecule is O=c1c2cc(Cl)ccc2sc2c(NCc3ccc4c(c3)OCO4)nc3ccccc3c12. The van der Waals surface area contributed by atoms with Crippen LogP contribution >= 0.6 is 22.9 Å². The Labute approximate surface area is 185 Å². The maximum atomic E-state index is 13.5. The zero-order valence-electron chi connectivity index (χ0n) is 16.1. The lowest BCUT2D eigenvalue weighted by Crippen LogP contribution is -2.07. The lowest BCUT2D eigenvalue weighted by Gasteiger charge is -2.12. The molecule has 3 aromatic carbocycles. The van der Waals surface area contributed by atoms with Crippen LogP contribution in [-0.2, 0) is 6.54 Å². The van der Waals surface area contributed by atoms with Gasteiger partial charge >= 0.3 is 0 Å². The standard InChI is InChI=1S/C24H15ClN2O3S/c25-14-6-8-20-16(10-14)22(28)21-15-3-1-2-4-17(15)27-24(23(21)31-20)26-11-13-5-7-18-19(9-13)30-12-29-18/h1-10H,11-12H2,(H,26,27). The third-order valence-corrected chi connectivity index (χ3v) is 6.78. The van der Waals surface area contributed by atoms with Crippen molar-refractivity contribution in [3.63, 3.8) is 0 Å². The Balaban J connectivity index is 1.53. The van der Waals surface area contributed by atoms with Crippen LogP contribution in [0.25, 0.3) is 31.1 Å². The van der Waals surface area contributed by atoms with E-state index in [0.29, 0.717) is 28.2 Å². The summed E-state index contributed by atoms with van der Waals surface area (Å²) < 4.78 is 12.6. The highest BCUT2D eigenvalue weighted by Gasteiger charge is 2.16. The second kappa shape index (κ2) is 7.11. The van der Waals surface area contributed by atoms with Crippen molar-refractivity contribution in [1.29, 1.82) is 0 Å². The average Bonchev–Trinajstić information content (AvgIpc) is 3.26. The molecule has 1 N–H and O–H groups in total. The zero-order valence-corrected chi connectivity index (χ0v) is 17.7. The number of para-hydroxylation sites is 1. The smallest absolute Gasteiger partial charge is 0.231 e. The van der Waals surface area contributed by atoms with E-state index in [4.69, 9.17) is 26.1 Å². The highest BCUT2D eigenvalue weighted by Crippen LogP contribution is 2.36. The molecule has 0 amide bonds. The van der Waals surface area contributed by atoms with E-state index in [1.165, 1.54) is 0 Å². The summed E-state index contributed by atoms with van der Waals surface area (Å²) in [5.41, 5.74) is 1.78. The number of ether oxygens (including phenoxy) is 2. The largest absolute Gasteiger partial charge is 0.454 e. The molecule has 7 heteroatoms. The number of fused-ring (bicyclic) bond motifs is 5. The summed E-state index contributed by atoms with van der Waals surface area (Å²) in [4.78, 5) is 18.3. The minimum absolute atomic E-state index is 0.0315. The number of anilines is 1. The van der Waals surface area contributed by atoms with Crippen LogP contribution in [0.3, 0.4) is 0 Å². The molecular formula is C24H15ClN2O3S. The molecule has 0 atom stereocenters. The Morgan fingerprint density at radius 1 is 1.00 bits per heavy atom. The fourth-order valence-electron chi connectivity index (χ4n) is 3.89. The van der Waals surface area contributed by atoms with E-state index in [-0.39, 0.29) is 12.2 Å². The van der Waals surface area contributed by atoms with E-state index >= 15 is 0 Å². The van der Waals surface area contributed by atoms with Crippen LogP contribution in [-0.4, -0.2) is 11.8 Å². The Hall–Kier alpha value is -3.35. The van der Waals surface area contributed by atoms with E-state index in [2.05, 4.69) is 5.32 Å². The van der Waals surface area contributed by atoms with Crippen LogP contribution in [0.4, 0.5) is 5.82 Å². The summed E-state index contributed by atoms with van der Waals surface area (Å²) >= 11 is 7.71. The van der Waals surface area contributed by atoms with Crippen molar-refractivity contribution in [3.8, 4) is 11.5 Å². The topological polar surface area (TPSA) is 60.5 Å². The first kappa shape index (κ1) is 18.4. The Bertz CT molecular complexity index is 1560. The molecule has 0 radical (unpaired) electrons. The number of benzene rings is 3. The Morgan fingerprint density at radius 3 is 2.81 bits per heavy atom. The van der Waals surface area contributed by atoms with Gasteiger partial charge < -0.3 is 14.8 Å². The molecule has 31 heavy (non-hydrogen) atoms. The molecule has 2 aromatic heterocycles. The number of aromatic nitrogens is 1. The number of nitrogens with zero attached hydrogens (tertiary/aromatic N) is 1. The van der Waals surface area contributed by atoms with Gasteiger partial charge in [-0.2, -0.15) is 0 Å². The van der Waals surface area contributed by atoms with Gasteiger partial charge in [0.15, 0.2) is 16.9 Å². The van der Waals surface area contributed by atoms with Gasteiger partial charge in [0.1, 0.15) is 5.82 Å². The third kappa shape index (κ3) is 3.07. The molecule has 152 valence electrons. The zero-order chi connectivity index (χ0) is 20.9. The number of nitrogens with one attached hydrogen (secondary N) is 1. The third-order valence-electron chi connectivity index (χ3n) is 5.37. The van der Waals surface area contributed by atoms with E-state index in [9.17, 15) is 4.79 Å². The van der Waals surface area contributed by atoms with Crippen LogP contribution < -0.4 is 20.2 Å². The molecule has 5 nitrogen and oxygen atoms in total. The van der Waals surface area contributed by atoms with E-state index in [1.54, 1.807) is 23.5 Å². The van der Waals surface area contributed by atoms with Crippen molar-refractivity contribution < 1.29 is 9.47 Å². The molecule has 1 aliphatic rings.